The summed E-state index contributed by atoms with van der Waals surface area (Å²) in [6.07, 6.45) is 3.17. The third-order valence-corrected chi connectivity index (χ3v) is 7.09. The second kappa shape index (κ2) is 8.52. The van der Waals surface area contributed by atoms with Crippen molar-refractivity contribution in [2.24, 2.45) is 0 Å². The first-order valence-corrected chi connectivity index (χ1v) is 11.8. The van der Waals surface area contributed by atoms with Gasteiger partial charge in [-0.3, -0.25) is 9.59 Å². The lowest BCUT2D eigenvalue weighted by Gasteiger charge is -2.20. The quantitative estimate of drug-likeness (QED) is 0.410. The van der Waals surface area contributed by atoms with Crippen molar-refractivity contribution in [2.45, 2.75) is 50.4 Å². The number of nitrogens with zero attached hydrogens (tertiary/aromatic N) is 2. The molecule has 0 fully saturated rings. The molecule has 0 spiro atoms. The molecule has 0 aliphatic heterocycles. The highest BCUT2D eigenvalue weighted by Gasteiger charge is 2.34. The molecule has 0 bridgehead atoms. The zero-order valence-corrected chi connectivity index (χ0v) is 18.7. The molecule has 6 nitrogen and oxygen atoms in total. The van der Waals surface area contributed by atoms with E-state index in [-0.39, 0.29) is 23.4 Å². The summed E-state index contributed by atoms with van der Waals surface area (Å²) in [7, 11) is 0. The lowest BCUT2D eigenvalue weighted by atomic mass is 9.81. The maximum absolute atomic E-state index is 13.0. The highest BCUT2D eigenvalue weighted by Crippen LogP contribution is 2.36. The Hall–Kier alpha value is -3.80. The number of carbonyl (C=O) groups excluding carboxylic acids is 2. The first-order valence-electron chi connectivity index (χ1n) is 11.8. The van der Waals surface area contributed by atoms with Crippen molar-refractivity contribution >= 4 is 11.6 Å². The van der Waals surface area contributed by atoms with Crippen LogP contribution in [0, 0.1) is 0 Å². The van der Waals surface area contributed by atoms with Crippen molar-refractivity contribution < 1.29 is 18.6 Å². The fourth-order valence-corrected chi connectivity index (χ4v) is 5.38. The maximum atomic E-state index is 13.0. The van der Waals surface area contributed by atoms with Crippen molar-refractivity contribution in [3.8, 4) is 0 Å². The number of hydrogen-bond donors (Lipinski definition) is 0. The van der Waals surface area contributed by atoms with E-state index >= 15 is 0 Å². The van der Waals surface area contributed by atoms with Crippen molar-refractivity contribution in [3.05, 3.63) is 106 Å². The van der Waals surface area contributed by atoms with E-state index in [2.05, 4.69) is 22.4 Å². The molecule has 2 atom stereocenters. The minimum atomic E-state index is 0.0627. The van der Waals surface area contributed by atoms with E-state index in [1.165, 1.54) is 0 Å². The van der Waals surface area contributed by atoms with Crippen molar-refractivity contribution in [1.82, 2.24) is 10.3 Å². The lowest BCUT2D eigenvalue weighted by Crippen LogP contribution is -2.20. The lowest BCUT2D eigenvalue weighted by molar-refractivity contribution is 0.0951. The van der Waals surface area contributed by atoms with Gasteiger partial charge in [-0.2, -0.15) is 0 Å². The van der Waals surface area contributed by atoms with Crippen molar-refractivity contribution in [1.29, 1.82) is 0 Å². The normalized spacial score (nSPS) is 19.6. The summed E-state index contributed by atoms with van der Waals surface area (Å²) >= 11 is 0. The Kier molecular flexibility index (Phi) is 5.21. The SMILES string of the molecule is O=C1CC(c2ccccc2)Cc2noc(CCc3noc4c3C(=O)CC(c3ccccc3)C4)c21. The van der Waals surface area contributed by atoms with Gasteiger partial charge in [0.15, 0.2) is 11.6 Å². The molecule has 6 rings (SSSR count). The van der Waals surface area contributed by atoms with Gasteiger partial charge in [-0.05, 0) is 23.0 Å². The molecule has 2 aromatic carbocycles. The third-order valence-electron chi connectivity index (χ3n) is 7.09. The molecule has 0 radical (unpaired) electrons. The molecule has 4 aromatic rings. The van der Waals surface area contributed by atoms with E-state index in [4.69, 9.17) is 9.05 Å². The Morgan fingerprint density at radius 2 is 1.29 bits per heavy atom. The Morgan fingerprint density at radius 1 is 0.676 bits per heavy atom. The van der Waals surface area contributed by atoms with Crippen LogP contribution in [0.1, 0.15) is 79.4 Å². The van der Waals surface area contributed by atoms with Crippen molar-refractivity contribution in [2.75, 3.05) is 0 Å². The highest BCUT2D eigenvalue weighted by molar-refractivity contribution is 6.00. The van der Waals surface area contributed by atoms with E-state index in [0.717, 1.165) is 16.8 Å². The van der Waals surface area contributed by atoms with Gasteiger partial charge in [0.05, 0.1) is 22.5 Å². The molecular weight excluding hydrogens is 428 g/mol. The van der Waals surface area contributed by atoms with Gasteiger partial charge in [0, 0.05) is 38.5 Å². The van der Waals surface area contributed by atoms with Gasteiger partial charge in [-0.15, -0.1) is 0 Å². The van der Waals surface area contributed by atoms with Crippen LogP contribution >= 0.6 is 0 Å². The van der Waals surface area contributed by atoms with Crippen LogP contribution < -0.4 is 0 Å². The summed E-state index contributed by atoms with van der Waals surface area (Å²) < 4.78 is 11.2. The molecule has 6 heteroatoms. The van der Waals surface area contributed by atoms with Crippen LogP contribution in [0.3, 0.4) is 0 Å². The van der Waals surface area contributed by atoms with Crippen molar-refractivity contribution in [3.63, 3.8) is 0 Å². The molecule has 0 saturated heterocycles. The molecule has 2 aromatic heterocycles. The Balaban J connectivity index is 1.18. The fraction of sp³-hybridized carbons (Fsp3) is 0.286. The minimum Gasteiger partial charge on any atom is -0.360 e. The average Bonchev–Trinajstić information content (AvgIpc) is 3.48. The molecule has 34 heavy (non-hydrogen) atoms. The summed E-state index contributed by atoms with van der Waals surface area (Å²) in [5.41, 5.74) is 4.87. The molecule has 2 heterocycles. The molecule has 0 saturated carbocycles. The van der Waals surface area contributed by atoms with Crippen LogP contribution in [0.2, 0.25) is 0 Å². The van der Waals surface area contributed by atoms with Crippen LogP contribution in [-0.2, 0) is 25.7 Å². The highest BCUT2D eigenvalue weighted by atomic mass is 16.5. The smallest absolute Gasteiger partial charge is 0.168 e. The second-order valence-electron chi connectivity index (χ2n) is 9.23. The summed E-state index contributed by atoms with van der Waals surface area (Å²) in [6, 6.07) is 20.1. The number of Topliss-reactive ketones (excluding diaryl/α,β-unsaturated/α-hetero) is 2. The summed E-state index contributed by atoms with van der Waals surface area (Å²) in [5, 5.41) is 8.44. The second-order valence-corrected chi connectivity index (χ2v) is 9.23. The zero-order valence-electron chi connectivity index (χ0n) is 18.7. The summed E-state index contributed by atoms with van der Waals surface area (Å²) in [6.45, 7) is 0. The van der Waals surface area contributed by atoms with E-state index in [9.17, 15) is 9.59 Å². The van der Waals surface area contributed by atoms with E-state index in [0.29, 0.717) is 66.9 Å². The van der Waals surface area contributed by atoms with Crippen LogP contribution in [0.5, 0.6) is 0 Å². The number of ketones is 2. The third kappa shape index (κ3) is 3.69. The monoisotopic (exact) mass is 452 g/mol. The predicted octanol–water partition coefficient (Wildman–Crippen LogP) is 5.27. The van der Waals surface area contributed by atoms with Gasteiger partial charge in [0.1, 0.15) is 11.5 Å². The first kappa shape index (κ1) is 20.8. The maximum Gasteiger partial charge on any atom is 0.168 e. The number of benzene rings is 2. The number of carbonyl (C=O) groups is 2. The molecule has 2 aliphatic rings. The van der Waals surface area contributed by atoms with Crippen LogP contribution in [0.25, 0.3) is 0 Å². The van der Waals surface area contributed by atoms with E-state index < -0.39 is 0 Å². The summed E-state index contributed by atoms with van der Waals surface area (Å²) in [4.78, 5) is 26.0. The van der Waals surface area contributed by atoms with Gasteiger partial charge in [-0.1, -0.05) is 71.0 Å². The van der Waals surface area contributed by atoms with Gasteiger partial charge < -0.3 is 9.05 Å². The average molecular weight is 453 g/mol. The number of aromatic nitrogens is 2. The number of rotatable bonds is 5. The standard InChI is InChI=1S/C28H24N2O4/c31-23-15-20(18-9-5-2-6-10-18)16-26-27(23)21(29-34-26)11-12-25-28-22(30-33-25)13-19(14-24(28)32)17-7-3-1-4-8-17/h1-10,19-20H,11-16H2. The first-order chi connectivity index (χ1) is 16.7. The summed E-state index contributed by atoms with van der Waals surface area (Å²) in [5.74, 6) is 1.59. The number of fused-ring (bicyclic) bond motifs is 2. The Labute approximate surface area is 196 Å². The molecule has 2 aliphatic carbocycles. The largest absolute Gasteiger partial charge is 0.360 e. The topological polar surface area (TPSA) is 86.2 Å². The predicted molar refractivity (Wildman–Crippen MR) is 124 cm³/mol. The van der Waals surface area contributed by atoms with Gasteiger partial charge in [-0.25, -0.2) is 0 Å². The molecule has 0 amide bonds. The number of aryl methyl sites for hydroxylation is 2. The molecule has 170 valence electrons. The van der Waals surface area contributed by atoms with E-state index in [1.807, 2.05) is 48.5 Å². The van der Waals surface area contributed by atoms with Crippen LogP contribution in [0.15, 0.2) is 69.7 Å². The number of hydrogen-bond acceptors (Lipinski definition) is 6. The molecular formula is C28H24N2O4. The fourth-order valence-electron chi connectivity index (χ4n) is 5.38. The van der Waals surface area contributed by atoms with Gasteiger partial charge in [0.25, 0.3) is 0 Å². The van der Waals surface area contributed by atoms with Crippen LogP contribution in [-0.4, -0.2) is 21.9 Å². The zero-order chi connectivity index (χ0) is 23.1. The van der Waals surface area contributed by atoms with Gasteiger partial charge >= 0.3 is 0 Å². The molecule has 0 N–H and O–H groups in total. The Bertz CT molecular complexity index is 1250. The van der Waals surface area contributed by atoms with E-state index in [1.54, 1.807) is 0 Å². The molecule has 2 unspecified atom stereocenters. The Morgan fingerprint density at radius 3 is 1.97 bits per heavy atom. The van der Waals surface area contributed by atoms with Gasteiger partial charge in [0.2, 0.25) is 0 Å². The minimum absolute atomic E-state index is 0.0627. The van der Waals surface area contributed by atoms with Crippen LogP contribution in [0.4, 0.5) is 0 Å².